The summed E-state index contributed by atoms with van der Waals surface area (Å²) in [4.78, 5) is 1.64. The molecule has 1 rings (SSSR count). The molecular formula is C15H24F2N2. The number of alkyl halides is 2. The lowest BCUT2D eigenvalue weighted by Crippen LogP contribution is -2.24. The minimum absolute atomic E-state index is 0.182. The molecule has 0 amide bonds. The van der Waals surface area contributed by atoms with Crippen LogP contribution in [0, 0.1) is 0 Å². The molecule has 1 aromatic carbocycles. The van der Waals surface area contributed by atoms with Crippen LogP contribution in [0.1, 0.15) is 30.9 Å². The molecule has 4 heteroatoms. The van der Waals surface area contributed by atoms with E-state index in [9.17, 15) is 8.78 Å². The van der Waals surface area contributed by atoms with Crippen LogP contribution in [0.2, 0.25) is 0 Å². The third kappa shape index (κ3) is 6.12. The first-order valence-corrected chi connectivity index (χ1v) is 6.79. The zero-order valence-electron chi connectivity index (χ0n) is 12.0. The normalized spacial score (nSPS) is 13.2. The number of rotatable bonds is 8. The van der Waals surface area contributed by atoms with Crippen molar-refractivity contribution in [3.8, 4) is 0 Å². The fourth-order valence-electron chi connectivity index (χ4n) is 2.04. The average molecular weight is 270 g/mol. The van der Waals surface area contributed by atoms with E-state index in [2.05, 4.69) is 31.3 Å². The summed E-state index contributed by atoms with van der Waals surface area (Å²) in [5, 5.41) is 3.32. The molecule has 0 aliphatic heterocycles. The maximum atomic E-state index is 12.2. The highest BCUT2D eigenvalue weighted by atomic mass is 19.3. The van der Waals surface area contributed by atoms with Gasteiger partial charge in [0.25, 0.3) is 6.43 Å². The Kier molecular flexibility index (Phi) is 6.95. The Morgan fingerprint density at radius 3 is 2.37 bits per heavy atom. The molecule has 0 aliphatic carbocycles. The van der Waals surface area contributed by atoms with Crippen molar-refractivity contribution in [2.45, 2.75) is 32.7 Å². The predicted octanol–water partition coefficient (Wildman–Crippen LogP) is 3.10. The van der Waals surface area contributed by atoms with Crippen molar-refractivity contribution >= 4 is 0 Å². The van der Waals surface area contributed by atoms with Crippen molar-refractivity contribution < 1.29 is 8.78 Å². The van der Waals surface area contributed by atoms with Gasteiger partial charge in [0.05, 0.1) is 6.54 Å². The van der Waals surface area contributed by atoms with E-state index >= 15 is 0 Å². The van der Waals surface area contributed by atoms with Crippen LogP contribution in [0.15, 0.2) is 24.3 Å². The van der Waals surface area contributed by atoms with Crippen LogP contribution in [0.4, 0.5) is 8.78 Å². The zero-order valence-corrected chi connectivity index (χ0v) is 12.0. The van der Waals surface area contributed by atoms with Crippen molar-refractivity contribution in [2.24, 2.45) is 0 Å². The van der Waals surface area contributed by atoms with Gasteiger partial charge in [-0.25, -0.2) is 8.78 Å². The first kappa shape index (κ1) is 16.1. The lowest BCUT2D eigenvalue weighted by Gasteiger charge is -2.17. The van der Waals surface area contributed by atoms with Crippen LogP contribution >= 0.6 is 0 Å². The van der Waals surface area contributed by atoms with Gasteiger partial charge in [-0.15, -0.1) is 0 Å². The lowest BCUT2D eigenvalue weighted by molar-refractivity contribution is 0.0975. The monoisotopic (exact) mass is 270 g/mol. The van der Waals surface area contributed by atoms with Crippen LogP contribution < -0.4 is 5.32 Å². The molecule has 0 heterocycles. The van der Waals surface area contributed by atoms with Gasteiger partial charge >= 0.3 is 0 Å². The summed E-state index contributed by atoms with van der Waals surface area (Å²) in [5.74, 6) is 0.466. The second-order valence-electron chi connectivity index (χ2n) is 5.04. The minimum Gasteiger partial charge on any atom is -0.316 e. The number of hydrogen-bond donors (Lipinski definition) is 1. The van der Waals surface area contributed by atoms with Gasteiger partial charge < -0.3 is 5.32 Å². The second kappa shape index (κ2) is 8.23. The largest absolute Gasteiger partial charge is 0.316 e. The van der Waals surface area contributed by atoms with E-state index in [-0.39, 0.29) is 6.54 Å². The van der Waals surface area contributed by atoms with Crippen molar-refractivity contribution in [1.29, 1.82) is 0 Å². The Labute approximate surface area is 114 Å². The lowest BCUT2D eigenvalue weighted by atomic mass is 9.99. The number of halogens is 2. The van der Waals surface area contributed by atoms with Crippen LogP contribution in [0.25, 0.3) is 0 Å². The maximum Gasteiger partial charge on any atom is 0.251 e. The van der Waals surface area contributed by atoms with Crippen molar-refractivity contribution in [3.63, 3.8) is 0 Å². The first-order chi connectivity index (χ1) is 9.02. The summed E-state index contributed by atoms with van der Waals surface area (Å²) in [7, 11) is 1.72. The molecule has 0 saturated heterocycles. The number of likely N-dealkylation sites (N-methyl/N-ethyl adjacent to an activating group) is 1. The molecular weight excluding hydrogens is 246 g/mol. The van der Waals surface area contributed by atoms with E-state index in [1.807, 2.05) is 12.1 Å². The van der Waals surface area contributed by atoms with Gasteiger partial charge in [0.2, 0.25) is 0 Å². The van der Waals surface area contributed by atoms with Gasteiger partial charge in [-0.3, -0.25) is 4.90 Å². The molecule has 1 unspecified atom stereocenters. The van der Waals surface area contributed by atoms with Gasteiger partial charge in [0, 0.05) is 13.1 Å². The Bertz CT molecular complexity index is 352. The standard InChI is InChI=1S/C15H24F2N2/c1-4-18-9-12(2)14-7-5-13(6-8-14)10-19(3)11-15(16)17/h5-8,12,15,18H,4,9-11H2,1-3H3. The Hall–Kier alpha value is -1.00. The van der Waals surface area contributed by atoms with E-state index < -0.39 is 6.43 Å². The van der Waals surface area contributed by atoms with Crippen LogP contribution in [-0.2, 0) is 6.54 Å². The zero-order chi connectivity index (χ0) is 14.3. The summed E-state index contributed by atoms with van der Waals surface area (Å²) >= 11 is 0. The SMILES string of the molecule is CCNCC(C)c1ccc(CN(C)CC(F)F)cc1. The second-order valence-corrected chi connectivity index (χ2v) is 5.04. The van der Waals surface area contributed by atoms with Crippen LogP contribution in [0.5, 0.6) is 0 Å². The molecule has 2 nitrogen and oxygen atoms in total. The van der Waals surface area contributed by atoms with Crippen molar-refractivity contribution in [3.05, 3.63) is 35.4 Å². The van der Waals surface area contributed by atoms with Crippen LogP contribution in [-0.4, -0.2) is 38.0 Å². The van der Waals surface area contributed by atoms with E-state index in [1.165, 1.54) is 5.56 Å². The molecule has 0 aromatic heterocycles. The van der Waals surface area contributed by atoms with Gasteiger partial charge in [-0.1, -0.05) is 38.1 Å². The highest BCUT2D eigenvalue weighted by molar-refractivity contribution is 5.25. The molecule has 19 heavy (non-hydrogen) atoms. The summed E-state index contributed by atoms with van der Waals surface area (Å²) in [5.41, 5.74) is 2.35. The Morgan fingerprint density at radius 2 is 1.84 bits per heavy atom. The number of benzene rings is 1. The van der Waals surface area contributed by atoms with E-state index in [1.54, 1.807) is 11.9 Å². The first-order valence-electron chi connectivity index (χ1n) is 6.79. The summed E-state index contributed by atoms with van der Waals surface area (Å²) in [6, 6.07) is 8.24. The Morgan fingerprint density at radius 1 is 1.21 bits per heavy atom. The maximum absolute atomic E-state index is 12.2. The minimum atomic E-state index is -2.27. The molecule has 108 valence electrons. The highest BCUT2D eigenvalue weighted by Gasteiger charge is 2.09. The van der Waals surface area contributed by atoms with Crippen molar-refractivity contribution in [1.82, 2.24) is 10.2 Å². The number of nitrogens with one attached hydrogen (secondary N) is 1. The molecule has 1 N–H and O–H groups in total. The number of nitrogens with zero attached hydrogens (tertiary/aromatic N) is 1. The van der Waals surface area contributed by atoms with E-state index in [4.69, 9.17) is 0 Å². The van der Waals surface area contributed by atoms with Crippen LogP contribution in [0.3, 0.4) is 0 Å². The number of hydrogen-bond acceptors (Lipinski definition) is 2. The molecule has 0 bridgehead atoms. The fraction of sp³-hybridized carbons (Fsp3) is 0.600. The molecule has 0 aliphatic rings. The molecule has 1 aromatic rings. The summed E-state index contributed by atoms with van der Waals surface area (Å²) < 4.78 is 24.5. The van der Waals surface area contributed by atoms with Crippen molar-refractivity contribution in [2.75, 3.05) is 26.7 Å². The van der Waals surface area contributed by atoms with Gasteiger partial charge in [0.15, 0.2) is 0 Å². The topological polar surface area (TPSA) is 15.3 Å². The Balaban J connectivity index is 2.51. The highest BCUT2D eigenvalue weighted by Crippen LogP contribution is 2.16. The third-order valence-electron chi connectivity index (χ3n) is 3.15. The average Bonchev–Trinajstić information content (AvgIpc) is 2.35. The smallest absolute Gasteiger partial charge is 0.251 e. The summed E-state index contributed by atoms with van der Waals surface area (Å²) in [6.07, 6.45) is -2.27. The van der Waals surface area contributed by atoms with Gasteiger partial charge in [-0.2, -0.15) is 0 Å². The fourth-order valence-corrected chi connectivity index (χ4v) is 2.04. The summed E-state index contributed by atoms with van der Waals surface area (Å²) in [6.45, 7) is 6.59. The van der Waals surface area contributed by atoms with E-state index in [0.29, 0.717) is 12.5 Å². The van der Waals surface area contributed by atoms with Gasteiger partial charge in [0.1, 0.15) is 0 Å². The molecule has 1 atom stereocenters. The molecule has 0 fully saturated rings. The van der Waals surface area contributed by atoms with Gasteiger partial charge in [-0.05, 0) is 30.6 Å². The molecule has 0 spiro atoms. The quantitative estimate of drug-likeness (QED) is 0.781. The third-order valence-corrected chi connectivity index (χ3v) is 3.15. The molecule has 0 radical (unpaired) electrons. The predicted molar refractivity (Wildman–Crippen MR) is 75.7 cm³/mol. The molecule has 0 saturated carbocycles. The van der Waals surface area contributed by atoms with E-state index in [0.717, 1.165) is 18.7 Å².